The van der Waals surface area contributed by atoms with Crippen molar-refractivity contribution < 1.29 is 24.2 Å². The number of carboxylic acid groups (broad SMARTS) is 1. The van der Waals surface area contributed by atoms with E-state index in [1.807, 2.05) is 0 Å². The van der Waals surface area contributed by atoms with Gasteiger partial charge in [-0.1, -0.05) is 0 Å². The number of carbonyl (C=O) groups excluding carboxylic acids is 2. The Balaban J connectivity index is 3.34. The zero-order valence-electron chi connectivity index (χ0n) is 10.5. The number of esters is 1. The van der Waals surface area contributed by atoms with Gasteiger partial charge in [0, 0.05) is 5.56 Å². The molecule has 0 radical (unpaired) electrons. The fourth-order valence-electron chi connectivity index (χ4n) is 1.48. The van der Waals surface area contributed by atoms with Crippen LogP contribution in [0.25, 0.3) is 0 Å². The van der Waals surface area contributed by atoms with Crippen LogP contribution in [0, 0.1) is 0 Å². The van der Waals surface area contributed by atoms with Gasteiger partial charge >= 0.3 is 11.9 Å². The lowest BCUT2D eigenvalue weighted by atomic mass is 9.99. The van der Waals surface area contributed by atoms with Crippen molar-refractivity contribution in [3.63, 3.8) is 0 Å². The molecule has 1 atom stereocenters. The molecule has 0 spiro atoms. The van der Waals surface area contributed by atoms with Crippen molar-refractivity contribution >= 4 is 29.3 Å². The summed E-state index contributed by atoms with van der Waals surface area (Å²) in [6.45, 7) is 3.24. The second kappa shape index (κ2) is 6.33. The van der Waals surface area contributed by atoms with E-state index in [1.54, 1.807) is 6.92 Å². The van der Waals surface area contributed by atoms with Crippen molar-refractivity contribution in [2.24, 2.45) is 0 Å². The van der Waals surface area contributed by atoms with Crippen LogP contribution in [-0.4, -0.2) is 34.8 Å². The molecule has 0 amide bonds. The first-order chi connectivity index (χ1) is 8.88. The fraction of sp³-hybridized carbons (Fsp3) is 0.308. The number of ketones is 1. The van der Waals surface area contributed by atoms with Crippen LogP contribution >= 0.6 is 11.6 Å². The number of Topliss-reactive ketones (excluding diaryl/α,β-unsaturated/α-hetero) is 1. The standard InChI is InChI=1S/C13H13ClO5/c1-3-19-13(18)9-5-4-8(12(16)17)6-10(9)11(15)7(2)14/h4-7H,3H2,1-2H3,(H,16,17). The van der Waals surface area contributed by atoms with Crippen LogP contribution in [-0.2, 0) is 4.74 Å². The molecule has 1 unspecified atom stereocenters. The minimum absolute atomic E-state index is 0.0179. The van der Waals surface area contributed by atoms with E-state index in [4.69, 9.17) is 21.4 Å². The maximum absolute atomic E-state index is 11.9. The highest BCUT2D eigenvalue weighted by molar-refractivity contribution is 6.34. The number of hydrogen-bond acceptors (Lipinski definition) is 4. The van der Waals surface area contributed by atoms with Gasteiger partial charge < -0.3 is 9.84 Å². The number of aromatic carboxylic acids is 1. The number of carbonyl (C=O) groups is 3. The largest absolute Gasteiger partial charge is 0.478 e. The highest BCUT2D eigenvalue weighted by atomic mass is 35.5. The number of ether oxygens (including phenoxy) is 1. The molecule has 102 valence electrons. The maximum atomic E-state index is 11.9. The molecule has 0 aromatic heterocycles. The summed E-state index contributed by atoms with van der Waals surface area (Å²) < 4.78 is 4.82. The fourth-order valence-corrected chi connectivity index (χ4v) is 1.60. The van der Waals surface area contributed by atoms with E-state index in [0.29, 0.717) is 0 Å². The van der Waals surface area contributed by atoms with Crippen LogP contribution in [0.1, 0.15) is 44.9 Å². The molecular formula is C13H13ClO5. The van der Waals surface area contributed by atoms with Crippen LogP contribution in [0.5, 0.6) is 0 Å². The Morgan fingerprint density at radius 2 is 1.95 bits per heavy atom. The lowest BCUT2D eigenvalue weighted by Crippen LogP contribution is -2.18. The molecule has 1 N–H and O–H groups in total. The molecule has 0 aliphatic rings. The lowest BCUT2D eigenvalue weighted by molar-refractivity contribution is 0.0522. The summed E-state index contributed by atoms with van der Waals surface area (Å²) in [5.41, 5.74) is -0.112. The van der Waals surface area contributed by atoms with Gasteiger partial charge in [-0.05, 0) is 32.0 Å². The van der Waals surface area contributed by atoms with Crippen molar-refractivity contribution in [3.05, 3.63) is 34.9 Å². The smallest absolute Gasteiger partial charge is 0.338 e. The zero-order chi connectivity index (χ0) is 14.6. The second-order valence-corrected chi connectivity index (χ2v) is 4.42. The van der Waals surface area contributed by atoms with Gasteiger partial charge in [0.15, 0.2) is 5.78 Å². The molecule has 6 heteroatoms. The second-order valence-electron chi connectivity index (χ2n) is 3.77. The molecule has 0 saturated carbocycles. The first kappa shape index (κ1) is 15.2. The Bertz CT molecular complexity index is 522. The highest BCUT2D eigenvalue weighted by Gasteiger charge is 2.22. The lowest BCUT2D eigenvalue weighted by Gasteiger charge is -2.10. The van der Waals surface area contributed by atoms with Crippen molar-refractivity contribution in [1.82, 2.24) is 0 Å². The topological polar surface area (TPSA) is 80.7 Å². The quantitative estimate of drug-likeness (QED) is 0.510. The molecule has 0 saturated heterocycles. The van der Waals surface area contributed by atoms with Gasteiger partial charge in [-0.2, -0.15) is 0 Å². The van der Waals surface area contributed by atoms with Gasteiger partial charge in [0.2, 0.25) is 0 Å². The Morgan fingerprint density at radius 1 is 1.32 bits per heavy atom. The monoisotopic (exact) mass is 284 g/mol. The molecule has 0 bridgehead atoms. The van der Waals surface area contributed by atoms with E-state index in [1.165, 1.54) is 19.1 Å². The first-order valence-corrected chi connectivity index (χ1v) is 6.04. The third kappa shape index (κ3) is 3.54. The molecule has 19 heavy (non-hydrogen) atoms. The van der Waals surface area contributed by atoms with E-state index in [-0.39, 0.29) is 23.3 Å². The molecule has 0 aliphatic carbocycles. The SMILES string of the molecule is CCOC(=O)c1ccc(C(=O)O)cc1C(=O)C(C)Cl. The van der Waals surface area contributed by atoms with E-state index in [0.717, 1.165) is 6.07 Å². The van der Waals surface area contributed by atoms with Crippen molar-refractivity contribution in [2.75, 3.05) is 6.61 Å². The maximum Gasteiger partial charge on any atom is 0.338 e. The van der Waals surface area contributed by atoms with Gasteiger partial charge in [-0.15, -0.1) is 11.6 Å². The number of halogens is 1. The number of benzene rings is 1. The van der Waals surface area contributed by atoms with Crippen molar-refractivity contribution in [1.29, 1.82) is 0 Å². The summed E-state index contributed by atoms with van der Waals surface area (Å²) in [5.74, 6) is -2.39. The minimum Gasteiger partial charge on any atom is -0.478 e. The zero-order valence-corrected chi connectivity index (χ0v) is 11.2. The average molecular weight is 285 g/mol. The van der Waals surface area contributed by atoms with Gasteiger partial charge in [-0.3, -0.25) is 4.79 Å². The van der Waals surface area contributed by atoms with Crippen LogP contribution < -0.4 is 0 Å². The van der Waals surface area contributed by atoms with Gasteiger partial charge in [0.25, 0.3) is 0 Å². The predicted molar refractivity (Wildman–Crippen MR) is 69.0 cm³/mol. The van der Waals surface area contributed by atoms with Crippen LogP contribution in [0.4, 0.5) is 0 Å². The van der Waals surface area contributed by atoms with E-state index in [9.17, 15) is 14.4 Å². The van der Waals surface area contributed by atoms with E-state index in [2.05, 4.69) is 0 Å². The summed E-state index contributed by atoms with van der Waals surface area (Å²) in [5, 5.41) is 8.04. The summed E-state index contributed by atoms with van der Waals surface area (Å²) in [4.78, 5) is 34.5. The molecule has 0 aliphatic heterocycles. The minimum atomic E-state index is -1.19. The number of rotatable bonds is 5. The summed E-state index contributed by atoms with van der Waals surface area (Å²) in [6, 6.07) is 3.63. The molecule has 1 aromatic rings. The Labute approximate surface area is 115 Å². The normalized spacial score (nSPS) is 11.7. The van der Waals surface area contributed by atoms with Crippen LogP contribution in [0.3, 0.4) is 0 Å². The molecule has 1 aromatic carbocycles. The molecule has 0 fully saturated rings. The third-order valence-electron chi connectivity index (χ3n) is 2.39. The van der Waals surface area contributed by atoms with Gasteiger partial charge in [0.1, 0.15) is 0 Å². The first-order valence-electron chi connectivity index (χ1n) is 5.61. The number of carboxylic acids is 1. The van der Waals surface area contributed by atoms with E-state index >= 15 is 0 Å². The molecule has 0 heterocycles. The van der Waals surface area contributed by atoms with Crippen LogP contribution in [0.2, 0.25) is 0 Å². The van der Waals surface area contributed by atoms with E-state index < -0.39 is 23.1 Å². The van der Waals surface area contributed by atoms with Crippen molar-refractivity contribution in [3.8, 4) is 0 Å². The Morgan fingerprint density at radius 3 is 2.42 bits per heavy atom. The summed E-state index contributed by atoms with van der Waals surface area (Å²) in [7, 11) is 0. The molecular weight excluding hydrogens is 272 g/mol. The predicted octanol–water partition coefficient (Wildman–Crippen LogP) is 2.37. The highest BCUT2D eigenvalue weighted by Crippen LogP contribution is 2.18. The number of alkyl halides is 1. The Hall–Kier alpha value is -1.88. The molecule has 1 rings (SSSR count). The van der Waals surface area contributed by atoms with Gasteiger partial charge in [0.05, 0.1) is 23.1 Å². The van der Waals surface area contributed by atoms with Crippen molar-refractivity contribution in [2.45, 2.75) is 19.2 Å². The summed E-state index contributed by atoms with van der Waals surface area (Å²) in [6.07, 6.45) is 0. The summed E-state index contributed by atoms with van der Waals surface area (Å²) >= 11 is 5.70. The third-order valence-corrected chi connectivity index (χ3v) is 2.59. The van der Waals surface area contributed by atoms with Crippen LogP contribution in [0.15, 0.2) is 18.2 Å². The Kier molecular flexibility index (Phi) is 5.06. The number of hydrogen-bond donors (Lipinski definition) is 1. The average Bonchev–Trinajstić information content (AvgIpc) is 2.37. The van der Waals surface area contributed by atoms with Gasteiger partial charge in [-0.25, -0.2) is 9.59 Å². The molecule has 5 nitrogen and oxygen atoms in total.